The molecule has 210 valence electrons. The van der Waals surface area contributed by atoms with E-state index in [9.17, 15) is 40.2 Å². The zero-order valence-corrected chi connectivity index (χ0v) is 20.3. The van der Waals surface area contributed by atoms with E-state index in [1.54, 1.807) is 0 Å². The van der Waals surface area contributed by atoms with Crippen LogP contribution in [-0.2, 0) is 28.4 Å². The summed E-state index contributed by atoms with van der Waals surface area (Å²) in [7, 11) is 0. The van der Waals surface area contributed by atoms with Gasteiger partial charge in [0.1, 0.15) is 13.2 Å². The van der Waals surface area contributed by atoms with Gasteiger partial charge in [0.05, 0.1) is 64.0 Å². The Labute approximate surface area is 217 Å². The topological polar surface area (TPSA) is 211 Å². The monoisotopic (exact) mass is 542 g/mol. The summed E-state index contributed by atoms with van der Waals surface area (Å²) in [6, 6.07) is 3.89. The van der Waals surface area contributed by atoms with Crippen LogP contribution >= 0.6 is 0 Å². The number of carbonyl (C=O) groups is 2. The first kappa shape index (κ1) is 30.2. The van der Waals surface area contributed by atoms with Gasteiger partial charge < -0.3 is 59.1 Å². The first-order chi connectivity index (χ1) is 18.2. The second-order valence-electron chi connectivity index (χ2n) is 7.45. The molecule has 14 heteroatoms. The summed E-state index contributed by atoms with van der Waals surface area (Å²) >= 11 is 0. The van der Waals surface area contributed by atoms with E-state index in [4.69, 9.17) is 28.4 Å². The van der Waals surface area contributed by atoms with Crippen LogP contribution in [0.1, 0.15) is 20.7 Å². The molecule has 0 atom stereocenters. The molecule has 0 saturated carbocycles. The quantitative estimate of drug-likeness (QED) is 0.0935. The lowest BCUT2D eigenvalue weighted by molar-refractivity contribution is -0.0136. The predicted octanol–water partition coefficient (Wildman–Crippen LogP) is 1.00. The molecule has 0 aliphatic heterocycles. The molecular weight excluding hydrogens is 512 g/mol. The lowest BCUT2D eigenvalue weighted by atomic mass is 10.2. The smallest absolute Gasteiger partial charge is 0.338 e. The minimum absolute atomic E-state index is 0.0620. The third-order valence-corrected chi connectivity index (χ3v) is 4.65. The first-order valence-electron chi connectivity index (χ1n) is 11.4. The molecule has 0 radical (unpaired) electrons. The van der Waals surface area contributed by atoms with Crippen molar-refractivity contribution in [1.29, 1.82) is 0 Å². The van der Waals surface area contributed by atoms with Gasteiger partial charge in [-0.1, -0.05) is 0 Å². The fourth-order valence-electron chi connectivity index (χ4n) is 2.76. The van der Waals surface area contributed by atoms with Gasteiger partial charge in [0.25, 0.3) is 0 Å². The number of ether oxygens (including phenoxy) is 6. The van der Waals surface area contributed by atoms with E-state index < -0.39 is 46.4 Å². The second kappa shape index (κ2) is 16.0. The van der Waals surface area contributed by atoms with Crippen LogP contribution in [0.2, 0.25) is 0 Å². The van der Waals surface area contributed by atoms with E-state index in [1.165, 1.54) is 0 Å². The Balaban J connectivity index is 1.38. The average Bonchev–Trinajstić information content (AvgIpc) is 2.89. The van der Waals surface area contributed by atoms with E-state index in [2.05, 4.69) is 0 Å². The van der Waals surface area contributed by atoms with Crippen molar-refractivity contribution in [3.8, 4) is 34.5 Å². The van der Waals surface area contributed by atoms with Crippen LogP contribution in [0.15, 0.2) is 24.3 Å². The molecule has 0 aromatic heterocycles. The van der Waals surface area contributed by atoms with Crippen molar-refractivity contribution >= 4 is 11.9 Å². The zero-order valence-electron chi connectivity index (χ0n) is 20.3. The van der Waals surface area contributed by atoms with Crippen LogP contribution in [0.4, 0.5) is 0 Å². The molecule has 2 aromatic carbocycles. The van der Waals surface area contributed by atoms with Crippen LogP contribution in [0, 0.1) is 0 Å². The summed E-state index contributed by atoms with van der Waals surface area (Å²) in [5.41, 5.74) is -0.242. The lowest BCUT2D eigenvalue weighted by Gasteiger charge is -2.09. The number of benzene rings is 2. The highest BCUT2D eigenvalue weighted by Crippen LogP contribution is 2.36. The molecule has 0 unspecified atom stereocenters. The Morgan fingerprint density at radius 2 is 0.684 bits per heavy atom. The summed E-state index contributed by atoms with van der Waals surface area (Å²) in [6.45, 7) is 1.80. The van der Waals surface area contributed by atoms with Crippen molar-refractivity contribution in [2.24, 2.45) is 0 Å². The molecule has 14 nitrogen and oxygen atoms in total. The van der Waals surface area contributed by atoms with E-state index >= 15 is 0 Å². The largest absolute Gasteiger partial charge is 0.504 e. The molecule has 0 heterocycles. The van der Waals surface area contributed by atoms with Crippen molar-refractivity contribution in [1.82, 2.24) is 0 Å². The van der Waals surface area contributed by atoms with Gasteiger partial charge in [-0.3, -0.25) is 0 Å². The number of phenolic OH excluding ortho intramolecular Hbond substituents is 6. The fourth-order valence-corrected chi connectivity index (χ4v) is 2.76. The predicted molar refractivity (Wildman–Crippen MR) is 127 cm³/mol. The Kier molecular flexibility index (Phi) is 12.7. The molecule has 0 spiro atoms. The van der Waals surface area contributed by atoms with Gasteiger partial charge in [-0.25, -0.2) is 9.59 Å². The minimum Gasteiger partial charge on any atom is -0.504 e. The van der Waals surface area contributed by atoms with Crippen LogP contribution < -0.4 is 0 Å². The van der Waals surface area contributed by atoms with E-state index in [0.717, 1.165) is 24.3 Å². The maximum absolute atomic E-state index is 11.8. The number of esters is 2. The van der Waals surface area contributed by atoms with Crippen molar-refractivity contribution in [3.63, 3.8) is 0 Å². The molecule has 2 rings (SSSR count). The summed E-state index contributed by atoms with van der Waals surface area (Å²) < 4.78 is 31.0. The average molecular weight is 542 g/mol. The Hall–Kier alpha value is -3.98. The van der Waals surface area contributed by atoms with E-state index in [-0.39, 0.29) is 64.0 Å². The van der Waals surface area contributed by atoms with Gasteiger partial charge in [0, 0.05) is 0 Å². The standard InChI is InChI=1S/C24H30O14/c25-17-11-15(12-18(26)21(17)29)23(31)37-9-7-35-5-3-33-1-2-34-4-6-36-8-10-38-24(32)16-13-19(27)22(30)20(28)14-16/h11-14,25-30H,1-10H2. The summed E-state index contributed by atoms with van der Waals surface area (Å²) in [5.74, 6) is -5.60. The highest BCUT2D eigenvalue weighted by molar-refractivity contribution is 5.91. The van der Waals surface area contributed by atoms with Crippen molar-refractivity contribution < 1.29 is 68.6 Å². The third-order valence-electron chi connectivity index (χ3n) is 4.65. The van der Waals surface area contributed by atoms with Crippen molar-refractivity contribution in [2.75, 3.05) is 66.1 Å². The molecule has 2 aromatic rings. The number of rotatable bonds is 17. The van der Waals surface area contributed by atoms with Crippen LogP contribution in [0.5, 0.6) is 34.5 Å². The number of phenols is 6. The maximum Gasteiger partial charge on any atom is 0.338 e. The van der Waals surface area contributed by atoms with Gasteiger partial charge in [-0.2, -0.15) is 0 Å². The highest BCUT2D eigenvalue weighted by Gasteiger charge is 2.15. The Morgan fingerprint density at radius 3 is 0.947 bits per heavy atom. The summed E-state index contributed by atoms with van der Waals surface area (Å²) in [5, 5.41) is 56.1. The molecule has 0 aliphatic rings. The SMILES string of the molecule is O=C(OCCOCCOCCOCCOCCOC(=O)c1cc(O)c(O)c(O)c1)c1cc(O)c(O)c(O)c1. The lowest BCUT2D eigenvalue weighted by Crippen LogP contribution is -2.15. The second-order valence-corrected chi connectivity index (χ2v) is 7.45. The minimum atomic E-state index is -0.797. The van der Waals surface area contributed by atoms with Crippen molar-refractivity contribution in [2.45, 2.75) is 0 Å². The van der Waals surface area contributed by atoms with Crippen LogP contribution in [0.3, 0.4) is 0 Å². The number of carbonyl (C=O) groups excluding carboxylic acids is 2. The van der Waals surface area contributed by atoms with Gasteiger partial charge in [0.2, 0.25) is 0 Å². The molecule has 38 heavy (non-hydrogen) atoms. The Bertz CT molecular complexity index is 925. The maximum atomic E-state index is 11.8. The molecule has 0 fully saturated rings. The molecule has 0 amide bonds. The molecule has 0 bridgehead atoms. The molecule has 0 aliphatic carbocycles. The molecule has 0 saturated heterocycles. The van der Waals surface area contributed by atoms with Crippen LogP contribution in [-0.4, -0.2) is 109 Å². The molecular formula is C24H30O14. The number of hydrogen-bond acceptors (Lipinski definition) is 14. The number of aromatic hydroxyl groups is 6. The van der Waals surface area contributed by atoms with Gasteiger partial charge >= 0.3 is 11.9 Å². The highest BCUT2D eigenvalue weighted by atomic mass is 16.6. The zero-order chi connectivity index (χ0) is 27.9. The normalized spacial score (nSPS) is 10.8. The van der Waals surface area contributed by atoms with E-state index in [0.29, 0.717) is 13.2 Å². The van der Waals surface area contributed by atoms with Crippen molar-refractivity contribution in [3.05, 3.63) is 35.4 Å². The number of hydrogen-bond donors (Lipinski definition) is 6. The Morgan fingerprint density at radius 1 is 0.447 bits per heavy atom. The van der Waals surface area contributed by atoms with Crippen LogP contribution in [0.25, 0.3) is 0 Å². The first-order valence-corrected chi connectivity index (χ1v) is 11.4. The van der Waals surface area contributed by atoms with Gasteiger partial charge in [-0.15, -0.1) is 0 Å². The summed E-state index contributed by atoms with van der Waals surface area (Å²) in [4.78, 5) is 23.7. The summed E-state index contributed by atoms with van der Waals surface area (Å²) in [6.07, 6.45) is 0. The third kappa shape index (κ3) is 10.2. The fraction of sp³-hybridized carbons (Fsp3) is 0.417. The van der Waals surface area contributed by atoms with Gasteiger partial charge in [-0.05, 0) is 24.3 Å². The van der Waals surface area contributed by atoms with Gasteiger partial charge in [0.15, 0.2) is 34.5 Å². The van der Waals surface area contributed by atoms with E-state index in [1.807, 2.05) is 0 Å². The molecule has 6 N–H and O–H groups in total.